The number of pyridine rings is 1. The average molecular weight is 218 g/mol. The fourth-order valence-corrected chi connectivity index (χ4v) is 0.985. The van der Waals surface area contributed by atoms with E-state index in [1.165, 1.54) is 18.3 Å². The lowest BCUT2D eigenvalue weighted by Crippen LogP contribution is -2.12. The minimum absolute atomic E-state index is 0.0709. The predicted molar refractivity (Wildman–Crippen MR) is 57.9 cm³/mol. The van der Waals surface area contributed by atoms with Crippen LogP contribution in [0.25, 0.3) is 0 Å². The number of amides is 1. The molecule has 0 fully saturated rings. The molecule has 5 heteroatoms. The lowest BCUT2D eigenvalue weighted by Gasteiger charge is -2.02. The van der Waals surface area contributed by atoms with Crippen molar-refractivity contribution < 1.29 is 14.7 Å². The number of carbonyl (C=O) groups excluding carboxylic acids is 1. The summed E-state index contributed by atoms with van der Waals surface area (Å²) in [6.07, 6.45) is 6.77. The first-order chi connectivity index (χ1) is 7.63. The molecule has 1 aromatic heterocycles. The number of anilines is 1. The summed E-state index contributed by atoms with van der Waals surface area (Å²) in [5.41, 5.74) is 0.0709. The Kier molecular flexibility index (Phi) is 4.04. The lowest BCUT2D eigenvalue weighted by molar-refractivity contribution is -0.116. The van der Waals surface area contributed by atoms with E-state index in [0.29, 0.717) is 12.2 Å². The molecule has 0 aromatic carbocycles. The number of aromatic nitrogens is 1. The van der Waals surface area contributed by atoms with E-state index < -0.39 is 5.97 Å². The Hall–Kier alpha value is -2.35. The number of rotatable bonds is 4. The van der Waals surface area contributed by atoms with Crippen molar-refractivity contribution in [1.82, 2.24) is 4.98 Å². The molecule has 0 aliphatic heterocycles. The van der Waals surface area contributed by atoms with Gasteiger partial charge < -0.3 is 10.4 Å². The summed E-state index contributed by atoms with van der Waals surface area (Å²) in [6.45, 7) is 0. The molecule has 2 N–H and O–H groups in total. The van der Waals surface area contributed by atoms with E-state index in [0.717, 1.165) is 0 Å². The number of carbonyl (C=O) groups is 2. The van der Waals surface area contributed by atoms with E-state index in [-0.39, 0.29) is 17.9 Å². The zero-order chi connectivity index (χ0) is 12.0. The van der Waals surface area contributed by atoms with Gasteiger partial charge in [-0.2, -0.15) is 0 Å². The zero-order valence-corrected chi connectivity index (χ0v) is 8.43. The minimum atomic E-state index is -1.06. The van der Waals surface area contributed by atoms with Crippen molar-refractivity contribution in [3.05, 3.63) is 23.9 Å². The molecule has 0 atom stereocenters. The van der Waals surface area contributed by atoms with Gasteiger partial charge in [-0.3, -0.25) is 4.79 Å². The molecule has 16 heavy (non-hydrogen) atoms. The maximum Gasteiger partial charge on any atom is 0.337 e. The van der Waals surface area contributed by atoms with Crippen LogP contribution < -0.4 is 5.32 Å². The third kappa shape index (κ3) is 3.42. The fraction of sp³-hybridized carbons (Fsp3) is 0.182. The Bertz CT molecular complexity index is 432. The van der Waals surface area contributed by atoms with Crippen molar-refractivity contribution in [3.8, 4) is 12.3 Å². The Morgan fingerprint density at radius 3 is 2.75 bits per heavy atom. The van der Waals surface area contributed by atoms with Crippen LogP contribution in [-0.2, 0) is 4.79 Å². The quantitative estimate of drug-likeness (QED) is 0.742. The van der Waals surface area contributed by atoms with Crippen LogP contribution in [0, 0.1) is 12.3 Å². The summed E-state index contributed by atoms with van der Waals surface area (Å²) in [5, 5.41) is 11.1. The second-order valence-corrected chi connectivity index (χ2v) is 2.99. The topological polar surface area (TPSA) is 79.3 Å². The Morgan fingerprint density at radius 2 is 2.25 bits per heavy atom. The molecule has 0 saturated carbocycles. The second-order valence-electron chi connectivity index (χ2n) is 2.99. The Morgan fingerprint density at radius 1 is 1.50 bits per heavy atom. The molecule has 0 spiro atoms. The molecule has 1 aromatic rings. The van der Waals surface area contributed by atoms with Crippen molar-refractivity contribution >= 4 is 17.7 Å². The molecule has 82 valence electrons. The molecule has 1 amide bonds. The summed E-state index contributed by atoms with van der Waals surface area (Å²) in [6, 6.07) is 2.79. The van der Waals surface area contributed by atoms with Crippen molar-refractivity contribution in [1.29, 1.82) is 0 Å². The summed E-state index contributed by atoms with van der Waals surface area (Å²) in [4.78, 5) is 25.5. The molecule has 0 saturated heterocycles. The maximum absolute atomic E-state index is 11.2. The lowest BCUT2D eigenvalue weighted by atomic mass is 10.3. The fourth-order valence-electron chi connectivity index (χ4n) is 0.985. The molecule has 0 radical (unpaired) electrons. The molecule has 0 aliphatic rings. The Balaban J connectivity index is 2.59. The Labute approximate surface area is 92.5 Å². The highest BCUT2D eigenvalue weighted by Crippen LogP contribution is 2.05. The monoisotopic (exact) mass is 218 g/mol. The first kappa shape index (κ1) is 11.7. The van der Waals surface area contributed by atoms with Crippen LogP contribution in [-0.4, -0.2) is 22.0 Å². The van der Waals surface area contributed by atoms with Gasteiger partial charge in [-0.05, 0) is 12.1 Å². The van der Waals surface area contributed by atoms with Crippen LogP contribution in [0.15, 0.2) is 18.3 Å². The number of hydrogen-bond acceptors (Lipinski definition) is 3. The summed E-state index contributed by atoms with van der Waals surface area (Å²) >= 11 is 0. The van der Waals surface area contributed by atoms with E-state index in [1.54, 1.807) is 0 Å². The number of aromatic carboxylic acids is 1. The van der Waals surface area contributed by atoms with Gasteiger partial charge in [0.15, 0.2) is 0 Å². The van der Waals surface area contributed by atoms with Gasteiger partial charge in [0.25, 0.3) is 0 Å². The highest BCUT2D eigenvalue weighted by Gasteiger charge is 2.05. The van der Waals surface area contributed by atoms with E-state index in [1.807, 2.05) is 0 Å². The van der Waals surface area contributed by atoms with Crippen LogP contribution in [0.3, 0.4) is 0 Å². The molecule has 1 heterocycles. The summed E-state index contributed by atoms with van der Waals surface area (Å²) < 4.78 is 0. The van der Waals surface area contributed by atoms with Crippen molar-refractivity contribution in [2.45, 2.75) is 12.8 Å². The number of terminal acetylenes is 1. The minimum Gasteiger partial charge on any atom is -0.478 e. The second kappa shape index (κ2) is 5.51. The predicted octanol–water partition coefficient (Wildman–Crippen LogP) is 1.13. The third-order valence-electron chi connectivity index (χ3n) is 1.77. The molecular weight excluding hydrogens is 208 g/mol. The van der Waals surface area contributed by atoms with Crippen molar-refractivity contribution in [3.63, 3.8) is 0 Å². The van der Waals surface area contributed by atoms with E-state index in [9.17, 15) is 9.59 Å². The van der Waals surface area contributed by atoms with Gasteiger partial charge in [-0.15, -0.1) is 12.3 Å². The van der Waals surface area contributed by atoms with Crippen molar-refractivity contribution in [2.75, 3.05) is 5.32 Å². The maximum atomic E-state index is 11.2. The highest BCUT2D eigenvalue weighted by molar-refractivity contribution is 5.91. The molecule has 0 bridgehead atoms. The van der Waals surface area contributed by atoms with Gasteiger partial charge in [0.1, 0.15) is 5.82 Å². The SMILES string of the molecule is C#CCCC(=O)Nc1ccc(C(=O)O)cn1. The van der Waals surface area contributed by atoms with Gasteiger partial charge in [-0.25, -0.2) is 9.78 Å². The molecule has 5 nitrogen and oxygen atoms in total. The average Bonchev–Trinajstić information content (AvgIpc) is 2.27. The first-order valence-electron chi connectivity index (χ1n) is 4.56. The zero-order valence-electron chi connectivity index (χ0n) is 8.43. The first-order valence-corrected chi connectivity index (χ1v) is 4.56. The number of nitrogens with zero attached hydrogens (tertiary/aromatic N) is 1. The summed E-state index contributed by atoms with van der Waals surface area (Å²) in [5.74, 6) is 1.36. The van der Waals surface area contributed by atoms with Crippen LogP contribution >= 0.6 is 0 Å². The number of carboxylic acids is 1. The highest BCUT2D eigenvalue weighted by atomic mass is 16.4. The van der Waals surface area contributed by atoms with Crippen molar-refractivity contribution in [2.24, 2.45) is 0 Å². The van der Waals surface area contributed by atoms with Gasteiger partial charge in [0.2, 0.25) is 5.91 Å². The smallest absolute Gasteiger partial charge is 0.337 e. The van der Waals surface area contributed by atoms with Crippen LogP contribution in [0.2, 0.25) is 0 Å². The van der Waals surface area contributed by atoms with Crippen LogP contribution in [0.5, 0.6) is 0 Å². The summed E-state index contributed by atoms with van der Waals surface area (Å²) in [7, 11) is 0. The van der Waals surface area contributed by atoms with Gasteiger partial charge in [0, 0.05) is 19.0 Å². The standard InChI is InChI=1S/C11H10N2O3/c1-2-3-4-10(14)13-9-6-5-8(7-12-9)11(15)16/h1,5-7H,3-4H2,(H,15,16)(H,12,13,14). The molecular formula is C11H10N2O3. The largest absolute Gasteiger partial charge is 0.478 e. The number of nitrogens with one attached hydrogen (secondary N) is 1. The van der Waals surface area contributed by atoms with E-state index >= 15 is 0 Å². The van der Waals surface area contributed by atoms with Gasteiger partial charge in [-0.1, -0.05) is 0 Å². The molecule has 1 rings (SSSR count). The van der Waals surface area contributed by atoms with Crippen LogP contribution in [0.1, 0.15) is 23.2 Å². The van der Waals surface area contributed by atoms with Gasteiger partial charge >= 0.3 is 5.97 Å². The van der Waals surface area contributed by atoms with Gasteiger partial charge in [0.05, 0.1) is 5.56 Å². The number of hydrogen-bond donors (Lipinski definition) is 2. The normalized spacial score (nSPS) is 9.19. The van der Waals surface area contributed by atoms with E-state index in [2.05, 4.69) is 16.2 Å². The van der Waals surface area contributed by atoms with Crippen LogP contribution in [0.4, 0.5) is 5.82 Å². The molecule has 0 aliphatic carbocycles. The third-order valence-corrected chi connectivity index (χ3v) is 1.77. The number of carboxylic acid groups (broad SMARTS) is 1. The van der Waals surface area contributed by atoms with E-state index in [4.69, 9.17) is 11.5 Å². The molecule has 0 unspecified atom stereocenters.